The quantitative estimate of drug-likeness (QED) is 0.873. The van der Waals surface area contributed by atoms with Gasteiger partial charge in [0.05, 0.1) is 0 Å². The summed E-state index contributed by atoms with van der Waals surface area (Å²) in [7, 11) is 1.90. The Bertz CT molecular complexity index is 637. The molecule has 1 aliphatic rings. The lowest BCUT2D eigenvalue weighted by Gasteiger charge is -2.32. The number of nitrogens with zero attached hydrogens (tertiary/aromatic N) is 2. The average Bonchev–Trinajstić information content (AvgIpc) is 2.96. The van der Waals surface area contributed by atoms with Gasteiger partial charge < -0.3 is 14.2 Å². The Kier molecular flexibility index (Phi) is 4.18. The number of hydrogen-bond donors (Lipinski definition) is 0. The first-order chi connectivity index (χ1) is 10.6. The maximum absolute atomic E-state index is 12.4. The van der Waals surface area contributed by atoms with Gasteiger partial charge in [-0.1, -0.05) is 17.7 Å². The van der Waals surface area contributed by atoms with Gasteiger partial charge in [-0.3, -0.25) is 4.79 Å². The van der Waals surface area contributed by atoms with E-state index in [9.17, 15) is 4.79 Å². The Balaban J connectivity index is 1.55. The Labute approximate surface area is 131 Å². The number of aromatic nitrogens is 1. The monoisotopic (exact) mass is 298 g/mol. The molecule has 0 aliphatic carbocycles. The van der Waals surface area contributed by atoms with E-state index in [0.717, 1.165) is 37.4 Å². The van der Waals surface area contributed by atoms with E-state index in [0.29, 0.717) is 0 Å². The smallest absolute Gasteiger partial charge is 0.270 e. The summed E-state index contributed by atoms with van der Waals surface area (Å²) in [4.78, 5) is 14.4. The summed E-state index contributed by atoms with van der Waals surface area (Å²) in [5, 5.41) is 0. The second-order valence-corrected chi connectivity index (χ2v) is 5.93. The van der Waals surface area contributed by atoms with Crippen molar-refractivity contribution in [2.75, 3.05) is 13.1 Å². The second-order valence-electron chi connectivity index (χ2n) is 5.93. The van der Waals surface area contributed by atoms with Gasteiger partial charge in [-0.2, -0.15) is 0 Å². The van der Waals surface area contributed by atoms with E-state index >= 15 is 0 Å². The van der Waals surface area contributed by atoms with E-state index in [-0.39, 0.29) is 12.0 Å². The lowest BCUT2D eigenvalue weighted by Crippen LogP contribution is -2.42. The topological polar surface area (TPSA) is 34.5 Å². The highest BCUT2D eigenvalue weighted by Crippen LogP contribution is 2.20. The molecular weight excluding hydrogens is 276 g/mol. The fourth-order valence-electron chi connectivity index (χ4n) is 2.83. The molecule has 3 rings (SSSR count). The number of piperidine rings is 1. The fourth-order valence-corrected chi connectivity index (χ4v) is 2.83. The minimum atomic E-state index is 0.112. The van der Waals surface area contributed by atoms with Crippen LogP contribution in [0.15, 0.2) is 42.6 Å². The highest BCUT2D eigenvalue weighted by Gasteiger charge is 2.25. The number of likely N-dealkylation sites (tertiary alicyclic amines) is 1. The molecule has 1 aromatic carbocycles. The highest BCUT2D eigenvalue weighted by atomic mass is 16.5. The summed E-state index contributed by atoms with van der Waals surface area (Å²) >= 11 is 0. The van der Waals surface area contributed by atoms with Gasteiger partial charge in [0.2, 0.25) is 0 Å². The predicted octanol–water partition coefficient (Wildman–Crippen LogP) is 3.02. The molecule has 1 aromatic heterocycles. The summed E-state index contributed by atoms with van der Waals surface area (Å²) in [6.45, 7) is 3.57. The summed E-state index contributed by atoms with van der Waals surface area (Å²) in [5.74, 6) is 1.03. The number of rotatable bonds is 3. The molecule has 0 N–H and O–H groups in total. The molecule has 1 saturated heterocycles. The van der Waals surface area contributed by atoms with Gasteiger partial charge >= 0.3 is 0 Å². The molecule has 4 heteroatoms. The Hall–Kier alpha value is -2.23. The van der Waals surface area contributed by atoms with Gasteiger partial charge in [-0.25, -0.2) is 0 Å². The van der Waals surface area contributed by atoms with Gasteiger partial charge in [-0.05, 0) is 31.2 Å². The molecule has 1 fully saturated rings. The van der Waals surface area contributed by atoms with Crippen LogP contribution < -0.4 is 4.74 Å². The minimum absolute atomic E-state index is 0.112. The molecule has 2 heterocycles. The van der Waals surface area contributed by atoms with Crippen LogP contribution in [-0.4, -0.2) is 34.6 Å². The molecule has 1 amide bonds. The first-order valence-corrected chi connectivity index (χ1v) is 7.77. The molecule has 0 unspecified atom stereocenters. The molecule has 0 radical (unpaired) electrons. The number of carbonyl (C=O) groups is 1. The minimum Gasteiger partial charge on any atom is -0.490 e. The van der Waals surface area contributed by atoms with Gasteiger partial charge in [0.15, 0.2) is 0 Å². The third-order valence-electron chi connectivity index (χ3n) is 4.22. The zero-order valence-corrected chi connectivity index (χ0v) is 13.2. The zero-order chi connectivity index (χ0) is 15.5. The lowest BCUT2D eigenvalue weighted by atomic mass is 10.1. The van der Waals surface area contributed by atoms with Crippen LogP contribution in [-0.2, 0) is 7.05 Å². The van der Waals surface area contributed by atoms with Crippen LogP contribution in [0, 0.1) is 6.92 Å². The van der Waals surface area contributed by atoms with Crippen molar-refractivity contribution in [3.8, 4) is 5.75 Å². The number of benzene rings is 1. The summed E-state index contributed by atoms with van der Waals surface area (Å²) < 4.78 is 7.88. The van der Waals surface area contributed by atoms with Crippen molar-refractivity contribution in [2.45, 2.75) is 25.9 Å². The van der Waals surface area contributed by atoms with E-state index in [2.05, 4.69) is 19.1 Å². The highest BCUT2D eigenvalue weighted by molar-refractivity contribution is 5.92. The molecule has 0 bridgehead atoms. The van der Waals surface area contributed by atoms with Gasteiger partial charge in [0.25, 0.3) is 5.91 Å². The van der Waals surface area contributed by atoms with Crippen LogP contribution in [0.25, 0.3) is 0 Å². The molecule has 1 aliphatic heterocycles. The number of carbonyl (C=O) groups excluding carboxylic acids is 1. The van der Waals surface area contributed by atoms with Crippen molar-refractivity contribution in [3.05, 3.63) is 53.9 Å². The van der Waals surface area contributed by atoms with Crippen molar-refractivity contribution in [3.63, 3.8) is 0 Å². The molecule has 0 spiro atoms. The molecule has 0 atom stereocenters. The molecule has 22 heavy (non-hydrogen) atoms. The van der Waals surface area contributed by atoms with Crippen LogP contribution >= 0.6 is 0 Å². The van der Waals surface area contributed by atoms with E-state index in [4.69, 9.17) is 4.74 Å². The first-order valence-electron chi connectivity index (χ1n) is 7.77. The average molecular weight is 298 g/mol. The Morgan fingerprint density at radius 3 is 2.41 bits per heavy atom. The normalized spacial score (nSPS) is 15.8. The van der Waals surface area contributed by atoms with Crippen molar-refractivity contribution in [1.82, 2.24) is 9.47 Å². The van der Waals surface area contributed by atoms with Gasteiger partial charge in [-0.15, -0.1) is 0 Å². The number of hydrogen-bond acceptors (Lipinski definition) is 2. The van der Waals surface area contributed by atoms with E-state index in [1.807, 2.05) is 47.0 Å². The molecule has 0 saturated carbocycles. The fraction of sp³-hybridized carbons (Fsp3) is 0.389. The van der Waals surface area contributed by atoms with Crippen LogP contribution in [0.5, 0.6) is 5.75 Å². The van der Waals surface area contributed by atoms with Crippen molar-refractivity contribution in [2.24, 2.45) is 7.05 Å². The van der Waals surface area contributed by atoms with Crippen molar-refractivity contribution >= 4 is 5.91 Å². The maximum atomic E-state index is 12.4. The van der Waals surface area contributed by atoms with Crippen LogP contribution in [0.1, 0.15) is 28.9 Å². The maximum Gasteiger partial charge on any atom is 0.270 e. The van der Waals surface area contributed by atoms with Gasteiger partial charge in [0, 0.05) is 39.2 Å². The third-order valence-corrected chi connectivity index (χ3v) is 4.22. The van der Waals surface area contributed by atoms with Crippen LogP contribution in [0.3, 0.4) is 0 Å². The van der Waals surface area contributed by atoms with Crippen LogP contribution in [0.4, 0.5) is 0 Å². The van der Waals surface area contributed by atoms with Gasteiger partial charge in [0.1, 0.15) is 17.5 Å². The molecule has 116 valence electrons. The number of amides is 1. The van der Waals surface area contributed by atoms with E-state index in [1.165, 1.54) is 5.56 Å². The third kappa shape index (κ3) is 3.16. The van der Waals surface area contributed by atoms with E-state index < -0.39 is 0 Å². The largest absolute Gasteiger partial charge is 0.490 e. The number of aryl methyl sites for hydroxylation is 2. The predicted molar refractivity (Wildman–Crippen MR) is 86.1 cm³/mol. The number of ether oxygens (including phenoxy) is 1. The summed E-state index contributed by atoms with van der Waals surface area (Å²) in [5.41, 5.74) is 1.98. The molecule has 4 nitrogen and oxygen atoms in total. The Morgan fingerprint density at radius 1 is 1.14 bits per heavy atom. The summed E-state index contributed by atoms with van der Waals surface area (Å²) in [6, 6.07) is 11.9. The molecule has 2 aromatic rings. The van der Waals surface area contributed by atoms with Crippen LogP contribution in [0.2, 0.25) is 0 Å². The van der Waals surface area contributed by atoms with E-state index in [1.54, 1.807) is 0 Å². The summed E-state index contributed by atoms with van der Waals surface area (Å²) in [6.07, 6.45) is 3.86. The SMILES string of the molecule is Cc1ccc(OC2CCN(C(=O)c3cccn3C)CC2)cc1. The lowest BCUT2D eigenvalue weighted by molar-refractivity contribution is 0.0587. The molecular formula is C18H22N2O2. The first kappa shape index (κ1) is 14.7. The second kappa shape index (κ2) is 6.26. The standard InChI is InChI=1S/C18H22N2O2/c1-14-5-7-15(8-6-14)22-16-9-12-20(13-10-16)18(21)17-4-3-11-19(17)2/h3-8,11,16H,9-10,12-13H2,1-2H3. The van der Waals surface area contributed by atoms with Crippen molar-refractivity contribution < 1.29 is 9.53 Å². The van der Waals surface area contributed by atoms with Crippen molar-refractivity contribution in [1.29, 1.82) is 0 Å². The zero-order valence-electron chi connectivity index (χ0n) is 13.2. The Morgan fingerprint density at radius 2 is 1.82 bits per heavy atom.